The van der Waals surface area contributed by atoms with Crippen LogP contribution in [0.5, 0.6) is 0 Å². The van der Waals surface area contributed by atoms with Crippen LogP contribution in [0.25, 0.3) is 22.3 Å². The van der Waals surface area contributed by atoms with Crippen LogP contribution < -0.4 is 0 Å². The van der Waals surface area contributed by atoms with E-state index >= 15 is 0 Å². The van der Waals surface area contributed by atoms with Gasteiger partial charge in [-0.2, -0.15) is 5.26 Å². The molecule has 0 spiro atoms. The minimum Gasteiger partial charge on any atom is -0.252 e. The van der Waals surface area contributed by atoms with Crippen molar-refractivity contribution in [3.8, 4) is 17.3 Å². The molecular formula is C15H9N3. The zero-order valence-electron chi connectivity index (χ0n) is 9.54. The molecule has 0 saturated carbocycles. The lowest BCUT2D eigenvalue weighted by atomic mass is 10.1. The Kier molecular flexibility index (Phi) is 2.47. The summed E-state index contributed by atoms with van der Waals surface area (Å²) in [4.78, 5) is 8.92. The summed E-state index contributed by atoms with van der Waals surface area (Å²) in [6.07, 6.45) is 1.73. The van der Waals surface area contributed by atoms with E-state index in [-0.39, 0.29) is 0 Å². The van der Waals surface area contributed by atoms with Crippen LogP contribution in [0.15, 0.2) is 54.7 Å². The predicted molar refractivity (Wildman–Crippen MR) is 69.7 cm³/mol. The van der Waals surface area contributed by atoms with Gasteiger partial charge in [-0.05, 0) is 24.3 Å². The fourth-order valence-electron chi connectivity index (χ4n) is 1.84. The smallest absolute Gasteiger partial charge is 0.0991 e. The molecule has 0 aliphatic carbocycles. The van der Waals surface area contributed by atoms with Gasteiger partial charge in [0, 0.05) is 5.56 Å². The second-order valence-electron chi connectivity index (χ2n) is 3.94. The van der Waals surface area contributed by atoms with E-state index in [9.17, 15) is 0 Å². The highest BCUT2D eigenvalue weighted by atomic mass is 14.8. The quantitative estimate of drug-likeness (QED) is 0.646. The van der Waals surface area contributed by atoms with Gasteiger partial charge in [0.05, 0.1) is 34.6 Å². The first kappa shape index (κ1) is 10.4. The number of nitriles is 1. The molecule has 3 nitrogen and oxygen atoms in total. The monoisotopic (exact) mass is 231 g/mol. The zero-order chi connectivity index (χ0) is 12.4. The molecule has 84 valence electrons. The van der Waals surface area contributed by atoms with E-state index in [1.54, 1.807) is 12.3 Å². The van der Waals surface area contributed by atoms with Gasteiger partial charge in [-0.15, -0.1) is 0 Å². The highest BCUT2D eigenvalue weighted by Gasteiger charge is 2.03. The van der Waals surface area contributed by atoms with Gasteiger partial charge >= 0.3 is 0 Å². The summed E-state index contributed by atoms with van der Waals surface area (Å²) in [5.41, 5.74) is 4.05. The topological polar surface area (TPSA) is 49.6 Å². The maximum atomic E-state index is 8.89. The Morgan fingerprint density at radius 2 is 1.78 bits per heavy atom. The van der Waals surface area contributed by atoms with Gasteiger partial charge in [0.1, 0.15) is 0 Å². The molecule has 1 heterocycles. The first-order chi connectivity index (χ1) is 8.86. The number of para-hydroxylation sites is 2. The van der Waals surface area contributed by atoms with Crippen LogP contribution in [0, 0.1) is 11.3 Å². The van der Waals surface area contributed by atoms with E-state index in [0.29, 0.717) is 5.56 Å². The van der Waals surface area contributed by atoms with Crippen molar-refractivity contribution in [3.63, 3.8) is 0 Å². The fraction of sp³-hybridized carbons (Fsp3) is 0. The Morgan fingerprint density at radius 1 is 0.944 bits per heavy atom. The normalized spacial score (nSPS) is 10.2. The fourth-order valence-corrected chi connectivity index (χ4v) is 1.84. The van der Waals surface area contributed by atoms with Crippen molar-refractivity contribution < 1.29 is 0 Å². The number of benzene rings is 2. The van der Waals surface area contributed by atoms with Crippen LogP contribution in [0.1, 0.15) is 5.56 Å². The number of rotatable bonds is 1. The molecule has 0 radical (unpaired) electrons. The second kappa shape index (κ2) is 4.27. The highest BCUT2D eigenvalue weighted by Crippen LogP contribution is 2.19. The SMILES string of the molecule is N#Cc1cccc(-c2cnc3ccccc3n2)c1. The van der Waals surface area contributed by atoms with Crippen molar-refractivity contribution in [2.75, 3.05) is 0 Å². The van der Waals surface area contributed by atoms with Gasteiger partial charge in [-0.1, -0.05) is 24.3 Å². The lowest BCUT2D eigenvalue weighted by Gasteiger charge is -2.02. The van der Waals surface area contributed by atoms with Crippen LogP contribution in [0.2, 0.25) is 0 Å². The van der Waals surface area contributed by atoms with E-state index in [2.05, 4.69) is 16.0 Å². The highest BCUT2D eigenvalue weighted by molar-refractivity contribution is 5.77. The third-order valence-corrected chi connectivity index (χ3v) is 2.74. The predicted octanol–water partition coefficient (Wildman–Crippen LogP) is 3.17. The van der Waals surface area contributed by atoms with E-state index in [4.69, 9.17) is 5.26 Å². The third-order valence-electron chi connectivity index (χ3n) is 2.74. The minimum atomic E-state index is 0.627. The number of fused-ring (bicyclic) bond motifs is 1. The number of hydrogen-bond acceptors (Lipinski definition) is 3. The van der Waals surface area contributed by atoms with Crippen LogP contribution in [-0.4, -0.2) is 9.97 Å². The maximum absolute atomic E-state index is 8.89. The van der Waals surface area contributed by atoms with Crippen LogP contribution in [-0.2, 0) is 0 Å². The van der Waals surface area contributed by atoms with Gasteiger partial charge in [0.2, 0.25) is 0 Å². The van der Waals surface area contributed by atoms with Crippen molar-refractivity contribution in [3.05, 3.63) is 60.3 Å². The Morgan fingerprint density at radius 3 is 2.61 bits per heavy atom. The molecule has 3 heteroatoms. The summed E-state index contributed by atoms with van der Waals surface area (Å²) in [6, 6.07) is 17.2. The average Bonchev–Trinajstić information content (AvgIpc) is 2.47. The van der Waals surface area contributed by atoms with Crippen molar-refractivity contribution >= 4 is 11.0 Å². The molecule has 0 fully saturated rings. The first-order valence-electron chi connectivity index (χ1n) is 5.59. The van der Waals surface area contributed by atoms with Gasteiger partial charge in [-0.25, -0.2) is 4.98 Å². The summed E-state index contributed by atoms with van der Waals surface area (Å²) in [6.45, 7) is 0. The van der Waals surface area contributed by atoms with E-state index in [1.807, 2.05) is 42.5 Å². The molecule has 3 aromatic rings. The van der Waals surface area contributed by atoms with Gasteiger partial charge in [-0.3, -0.25) is 4.98 Å². The molecular weight excluding hydrogens is 222 g/mol. The number of aromatic nitrogens is 2. The summed E-state index contributed by atoms with van der Waals surface area (Å²) in [5, 5.41) is 8.89. The molecule has 0 aliphatic rings. The molecule has 0 saturated heterocycles. The molecule has 0 bridgehead atoms. The second-order valence-corrected chi connectivity index (χ2v) is 3.94. The van der Waals surface area contributed by atoms with E-state index < -0.39 is 0 Å². The van der Waals surface area contributed by atoms with Crippen molar-refractivity contribution in [1.82, 2.24) is 9.97 Å². The van der Waals surface area contributed by atoms with Crippen molar-refractivity contribution in [2.45, 2.75) is 0 Å². The summed E-state index contributed by atoms with van der Waals surface area (Å²) in [7, 11) is 0. The van der Waals surface area contributed by atoms with E-state index in [1.165, 1.54) is 0 Å². The molecule has 1 aromatic heterocycles. The number of hydrogen-bond donors (Lipinski definition) is 0. The largest absolute Gasteiger partial charge is 0.252 e. The maximum Gasteiger partial charge on any atom is 0.0991 e. The molecule has 18 heavy (non-hydrogen) atoms. The van der Waals surface area contributed by atoms with Gasteiger partial charge < -0.3 is 0 Å². The van der Waals surface area contributed by atoms with Crippen LogP contribution in [0.4, 0.5) is 0 Å². The van der Waals surface area contributed by atoms with Crippen molar-refractivity contribution in [1.29, 1.82) is 5.26 Å². The van der Waals surface area contributed by atoms with Gasteiger partial charge in [0.15, 0.2) is 0 Å². The zero-order valence-corrected chi connectivity index (χ0v) is 9.54. The Hall–Kier alpha value is -2.73. The van der Waals surface area contributed by atoms with Gasteiger partial charge in [0.25, 0.3) is 0 Å². The van der Waals surface area contributed by atoms with Crippen LogP contribution in [0.3, 0.4) is 0 Å². The van der Waals surface area contributed by atoms with Crippen molar-refractivity contribution in [2.24, 2.45) is 0 Å². The Labute approximate surface area is 104 Å². The molecule has 0 unspecified atom stereocenters. The van der Waals surface area contributed by atoms with E-state index in [0.717, 1.165) is 22.3 Å². The average molecular weight is 231 g/mol. The minimum absolute atomic E-state index is 0.627. The molecule has 3 rings (SSSR count). The lowest BCUT2D eigenvalue weighted by Crippen LogP contribution is -1.88. The number of nitrogens with zero attached hydrogens (tertiary/aromatic N) is 3. The molecule has 0 N–H and O–H groups in total. The molecule has 0 amide bonds. The third kappa shape index (κ3) is 1.80. The Bertz CT molecular complexity index is 757. The molecule has 0 atom stereocenters. The lowest BCUT2D eigenvalue weighted by molar-refractivity contribution is 1.29. The summed E-state index contributed by atoms with van der Waals surface area (Å²) >= 11 is 0. The Balaban J connectivity index is 2.16. The standard InChI is InChI=1S/C15H9N3/c16-9-11-4-3-5-12(8-11)15-10-17-13-6-1-2-7-14(13)18-15/h1-8,10H. The molecule has 2 aromatic carbocycles. The summed E-state index contributed by atoms with van der Waals surface area (Å²) in [5.74, 6) is 0. The van der Waals surface area contributed by atoms with Crippen LogP contribution >= 0.6 is 0 Å². The summed E-state index contributed by atoms with van der Waals surface area (Å²) < 4.78 is 0. The molecule has 0 aliphatic heterocycles. The first-order valence-corrected chi connectivity index (χ1v) is 5.59.